The van der Waals surface area contributed by atoms with E-state index in [1.807, 2.05) is 11.0 Å². The van der Waals surface area contributed by atoms with E-state index < -0.39 is 5.41 Å². The van der Waals surface area contributed by atoms with Gasteiger partial charge < -0.3 is 24.7 Å². The van der Waals surface area contributed by atoms with Gasteiger partial charge in [0.1, 0.15) is 22.0 Å². The van der Waals surface area contributed by atoms with E-state index in [4.69, 9.17) is 16.3 Å². The molecule has 5 heterocycles. The van der Waals surface area contributed by atoms with Crippen LogP contribution in [0.3, 0.4) is 0 Å². The minimum atomic E-state index is -0.761. The first-order chi connectivity index (χ1) is 16.9. The van der Waals surface area contributed by atoms with E-state index in [1.54, 1.807) is 12.4 Å². The predicted octanol–water partition coefficient (Wildman–Crippen LogP) is 2.89. The first-order valence-electron chi connectivity index (χ1n) is 11.8. The number of hydrogen-bond donors (Lipinski definition) is 2. The van der Waals surface area contributed by atoms with Crippen LogP contribution < -0.4 is 9.80 Å². The number of aliphatic hydroxyl groups is 2. The van der Waals surface area contributed by atoms with E-state index in [0.717, 1.165) is 49.7 Å². The van der Waals surface area contributed by atoms with Crippen LogP contribution in [-0.4, -0.2) is 70.7 Å². The van der Waals surface area contributed by atoms with Gasteiger partial charge in [-0.05, 0) is 37.7 Å². The van der Waals surface area contributed by atoms with Gasteiger partial charge in [0, 0.05) is 37.3 Å². The molecule has 3 fully saturated rings. The molecule has 1 spiro atoms. The molecule has 2 aromatic heterocycles. The second kappa shape index (κ2) is 9.71. The Kier molecular flexibility index (Phi) is 6.81. The lowest BCUT2D eigenvalue weighted by Gasteiger charge is -2.45. The summed E-state index contributed by atoms with van der Waals surface area (Å²) in [6.07, 6.45) is 6.93. The summed E-state index contributed by atoms with van der Waals surface area (Å²) in [6, 6.07) is 3.99. The third-order valence-corrected chi connectivity index (χ3v) is 8.80. The van der Waals surface area contributed by atoms with Gasteiger partial charge in [0.25, 0.3) is 0 Å². The van der Waals surface area contributed by atoms with Crippen molar-refractivity contribution in [1.29, 1.82) is 5.26 Å². The maximum Gasteiger partial charge on any atom is 0.152 e. The van der Waals surface area contributed by atoms with Gasteiger partial charge in [0.2, 0.25) is 0 Å². The summed E-state index contributed by atoms with van der Waals surface area (Å²) >= 11 is 8.01. The summed E-state index contributed by atoms with van der Waals surface area (Å²) in [5.74, 6) is 1.31. The number of nitrogens with zero attached hydrogens (tertiary/aromatic N) is 6. The van der Waals surface area contributed by atoms with E-state index in [0.29, 0.717) is 40.8 Å². The summed E-state index contributed by atoms with van der Waals surface area (Å²) < 4.78 is 5.84. The Bertz CT molecular complexity index is 1130. The second-order valence-electron chi connectivity index (χ2n) is 9.90. The fraction of sp³-hybridized carbons (Fsp3) is 0.583. The lowest BCUT2D eigenvalue weighted by Crippen LogP contribution is -2.58. The first-order valence-corrected chi connectivity index (χ1v) is 13.0. The molecule has 35 heavy (non-hydrogen) atoms. The molecule has 0 aliphatic carbocycles. The zero-order chi connectivity index (χ0) is 24.6. The third kappa shape index (κ3) is 4.68. The molecule has 11 heteroatoms. The standard InChI is InChI=1S/C24H29ClN6O3S/c1-16-8-23(15-34-16)3-6-30(7-4-23)21-17(10-32)29-19(9-28-21)35-18-2-5-27-22(20(18)25)31-12-24(11-26,13-31)14-33/h2,5,9,16,32-33H,3-4,6-8,10,12-15H2,1H3/t16-/m0/s1. The van der Waals surface area contributed by atoms with Crippen LogP contribution in [0.2, 0.25) is 5.02 Å². The topological polar surface area (TPSA) is 119 Å². The van der Waals surface area contributed by atoms with Gasteiger partial charge >= 0.3 is 0 Å². The van der Waals surface area contributed by atoms with Crippen molar-refractivity contribution < 1.29 is 14.9 Å². The van der Waals surface area contributed by atoms with Crippen molar-refractivity contribution in [1.82, 2.24) is 15.0 Å². The predicted molar refractivity (Wildman–Crippen MR) is 133 cm³/mol. The number of aliphatic hydroxyl groups excluding tert-OH is 2. The Balaban J connectivity index is 1.29. The van der Waals surface area contributed by atoms with Gasteiger partial charge in [-0.15, -0.1) is 0 Å². The van der Waals surface area contributed by atoms with Crippen molar-refractivity contribution in [2.75, 3.05) is 49.2 Å². The van der Waals surface area contributed by atoms with Crippen LogP contribution in [0.4, 0.5) is 11.6 Å². The molecule has 5 rings (SSSR count). The SMILES string of the molecule is C[C@H]1CC2(CCN(c3ncc(Sc4ccnc(N5CC(C#N)(CO)C5)c4Cl)nc3CO)CC2)CO1. The Morgan fingerprint density at radius 1 is 1.23 bits per heavy atom. The van der Waals surface area contributed by atoms with Gasteiger partial charge in [-0.3, -0.25) is 0 Å². The zero-order valence-corrected chi connectivity index (χ0v) is 21.2. The molecule has 3 aliphatic heterocycles. The highest BCUT2D eigenvalue weighted by Gasteiger charge is 2.44. The van der Waals surface area contributed by atoms with Crippen LogP contribution >= 0.6 is 23.4 Å². The van der Waals surface area contributed by atoms with Crippen molar-refractivity contribution >= 4 is 35.0 Å². The average molecular weight is 517 g/mol. The minimum absolute atomic E-state index is 0.192. The smallest absolute Gasteiger partial charge is 0.152 e. The Morgan fingerprint density at radius 2 is 2.00 bits per heavy atom. The minimum Gasteiger partial charge on any atom is -0.395 e. The van der Waals surface area contributed by atoms with Gasteiger partial charge in [0.15, 0.2) is 5.82 Å². The molecule has 0 amide bonds. The Hall–Kier alpha value is -2.16. The monoisotopic (exact) mass is 516 g/mol. The Morgan fingerprint density at radius 3 is 2.63 bits per heavy atom. The molecule has 0 aromatic carbocycles. The van der Waals surface area contributed by atoms with Crippen molar-refractivity contribution in [3.8, 4) is 6.07 Å². The highest BCUT2D eigenvalue weighted by molar-refractivity contribution is 7.99. The van der Waals surface area contributed by atoms with Crippen LogP contribution in [0.1, 0.15) is 31.9 Å². The molecule has 3 saturated heterocycles. The number of anilines is 2. The highest BCUT2D eigenvalue weighted by atomic mass is 35.5. The van der Waals surface area contributed by atoms with Crippen LogP contribution in [0, 0.1) is 22.2 Å². The lowest BCUT2D eigenvalue weighted by molar-refractivity contribution is 0.0975. The van der Waals surface area contributed by atoms with E-state index in [1.165, 1.54) is 11.8 Å². The number of hydrogen-bond acceptors (Lipinski definition) is 10. The fourth-order valence-electron chi connectivity index (χ4n) is 5.28. The zero-order valence-electron chi connectivity index (χ0n) is 19.7. The number of ether oxygens (including phenoxy) is 1. The number of aromatic nitrogens is 3. The maximum atomic E-state index is 10.0. The van der Waals surface area contributed by atoms with Crippen molar-refractivity contribution in [2.24, 2.45) is 10.8 Å². The molecule has 0 saturated carbocycles. The van der Waals surface area contributed by atoms with Crippen LogP contribution in [0.5, 0.6) is 0 Å². The van der Waals surface area contributed by atoms with E-state index in [-0.39, 0.29) is 18.6 Å². The number of rotatable bonds is 6. The number of halogens is 1. The van der Waals surface area contributed by atoms with E-state index in [9.17, 15) is 15.5 Å². The molecular formula is C24H29ClN6O3S. The molecular weight excluding hydrogens is 488 g/mol. The Labute approximate surface area is 214 Å². The number of nitriles is 1. The summed E-state index contributed by atoms with van der Waals surface area (Å²) in [6.45, 7) is 5.10. The van der Waals surface area contributed by atoms with Crippen molar-refractivity contribution in [2.45, 2.75) is 48.8 Å². The van der Waals surface area contributed by atoms with Crippen molar-refractivity contribution in [3.05, 3.63) is 29.2 Å². The van der Waals surface area contributed by atoms with E-state index >= 15 is 0 Å². The van der Waals surface area contributed by atoms with Gasteiger partial charge in [0.05, 0.1) is 43.2 Å². The quantitative estimate of drug-likeness (QED) is 0.593. The largest absolute Gasteiger partial charge is 0.395 e. The molecule has 186 valence electrons. The van der Waals surface area contributed by atoms with Gasteiger partial charge in [-0.1, -0.05) is 23.4 Å². The molecule has 0 unspecified atom stereocenters. The van der Waals surface area contributed by atoms with Gasteiger partial charge in [-0.25, -0.2) is 15.0 Å². The number of piperidine rings is 1. The summed E-state index contributed by atoms with van der Waals surface area (Å²) in [7, 11) is 0. The molecule has 9 nitrogen and oxygen atoms in total. The lowest BCUT2D eigenvalue weighted by atomic mass is 9.77. The van der Waals surface area contributed by atoms with E-state index in [2.05, 4.69) is 32.8 Å². The summed E-state index contributed by atoms with van der Waals surface area (Å²) in [4.78, 5) is 18.6. The number of pyridine rings is 1. The summed E-state index contributed by atoms with van der Waals surface area (Å²) in [5.41, 5.74) is 0.0641. The average Bonchev–Trinajstić information content (AvgIpc) is 3.21. The normalized spacial score (nSPS) is 22.8. The van der Waals surface area contributed by atoms with Crippen LogP contribution in [0.15, 0.2) is 28.4 Å². The molecule has 3 aliphatic rings. The third-order valence-electron chi connectivity index (χ3n) is 7.34. The molecule has 1 atom stereocenters. The molecule has 0 radical (unpaired) electrons. The highest BCUT2D eigenvalue weighted by Crippen LogP contribution is 2.44. The molecule has 0 bridgehead atoms. The molecule has 2 aromatic rings. The van der Waals surface area contributed by atoms with Crippen LogP contribution in [0.25, 0.3) is 0 Å². The fourth-order valence-corrected chi connectivity index (χ4v) is 6.42. The molecule has 2 N–H and O–H groups in total. The maximum absolute atomic E-state index is 10.0. The first kappa shape index (κ1) is 24.5. The summed E-state index contributed by atoms with van der Waals surface area (Å²) in [5, 5.41) is 29.9. The van der Waals surface area contributed by atoms with Gasteiger partial charge in [-0.2, -0.15) is 5.26 Å². The van der Waals surface area contributed by atoms with Crippen LogP contribution in [-0.2, 0) is 11.3 Å². The van der Waals surface area contributed by atoms with Crippen molar-refractivity contribution in [3.63, 3.8) is 0 Å². The second-order valence-corrected chi connectivity index (χ2v) is 11.3.